The number of carboxylic acids is 1. The van der Waals surface area contributed by atoms with E-state index in [2.05, 4.69) is 20.9 Å². The maximum Gasteiger partial charge on any atom is 0.315 e. The van der Waals surface area contributed by atoms with Gasteiger partial charge < -0.3 is 9.84 Å². The molecule has 0 atom stereocenters. The minimum Gasteiger partial charge on any atom is -0.496 e. The van der Waals surface area contributed by atoms with E-state index in [1.165, 1.54) is 11.3 Å². The summed E-state index contributed by atoms with van der Waals surface area (Å²) >= 11 is 4.86. The second-order valence-electron chi connectivity index (χ2n) is 4.82. The van der Waals surface area contributed by atoms with Crippen LogP contribution in [-0.2, 0) is 10.2 Å². The van der Waals surface area contributed by atoms with Crippen molar-refractivity contribution in [2.75, 3.05) is 7.11 Å². The molecule has 6 heteroatoms. The highest BCUT2D eigenvalue weighted by molar-refractivity contribution is 9.10. The van der Waals surface area contributed by atoms with Gasteiger partial charge in [0.05, 0.1) is 17.3 Å². The Bertz CT molecular complexity index is 652. The number of aromatic nitrogens is 1. The molecule has 1 heterocycles. The van der Waals surface area contributed by atoms with Crippen LogP contribution in [0.5, 0.6) is 5.75 Å². The van der Waals surface area contributed by atoms with E-state index >= 15 is 0 Å². The third-order valence-electron chi connectivity index (χ3n) is 3.08. The van der Waals surface area contributed by atoms with E-state index in [9.17, 15) is 9.90 Å². The van der Waals surface area contributed by atoms with Gasteiger partial charge in [-0.2, -0.15) is 0 Å². The van der Waals surface area contributed by atoms with Crippen LogP contribution in [0.2, 0.25) is 0 Å². The van der Waals surface area contributed by atoms with Crippen molar-refractivity contribution in [2.24, 2.45) is 0 Å². The fourth-order valence-electron chi connectivity index (χ4n) is 1.60. The van der Waals surface area contributed by atoms with E-state index in [-0.39, 0.29) is 0 Å². The van der Waals surface area contributed by atoms with Gasteiger partial charge in [0.25, 0.3) is 0 Å². The molecule has 0 fully saturated rings. The second-order valence-corrected chi connectivity index (χ2v) is 6.53. The van der Waals surface area contributed by atoms with Crippen LogP contribution < -0.4 is 4.74 Å². The Kier molecular flexibility index (Phi) is 4.15. The Labute approximate surface area is 129 Å². The normalized spacial score (nSPS) is 11.4. The standard InChI is InChI=1S/C14H14BrNO3S/c1-14(2,13(17)18)11-7-20-12(16-11)8-4-5-10(19-3)9(15)6-8/h4-7H,1-3H3,(H,17,18). The molecule has 0 unspecified atom stereocenters. The summed E-state index contributed by atoms with van der Waals surface area (Å²) in [7, 11) is 1.61. The summed E-state index contributed by atoms with van der Waals surface area (Å²) in [6.07, 6.45) is 0. The summed E-state index contributed by atoms with van der Waals surface area (Å²) in [5.74, 6) is -0.137. The zero-order chi connectivity index (χ0) is 14.9. The van der Waals surface area contributed by atoms with Crippen molar-refractivity contribution >= 4 is 33.2 Å². The van der Waals surface area contributed by atoms with Gasteiger partial charge in [-0.25, -0.2) is 4.98 Å². The lowest BCUT2D eigenvalue weighted by molar-refractivity contribution is -0.142. The van der Waals surface area contributed by atoms with Gasteiger partial charge in [-0.1, -0.05) is 0 Å². The van der Waals surface area contributed by atoms with E-state index < -0.39 is 11.4 Å². The van der Waals surface area contributed by atoms with Crippen molar-refractivity contribution in [1.29, 1.82) is 0 Å². The van der Waals surface area contributed by atoms with Gasteiger partial charge in [0.15, 0.2) is 0 Å². The number of carboxylic acid groups (broad SMARTS) is 1. The molecule has 0 aliphatic carbocycles. The van der Waals surface area contributed by atoms with Crippen molar-refractivity contribution in [2.45, 2.75) is 19.3 Å². The highest BCUT2D eigenvalue weighted by Gasteiger charge is 2.32. The number of aliphatic carboxylic acids is 1. The Balaban J connectivity index is 2.39. The van der Waals surface area contributed by atoms with Gasteiger partial charge >= 0.3 is 5.97 Å². The molecule has 2 aromatic rings. The molecule has 0 saturated heterocycles. The Hall–Kier alpha value is -1.40. The monoisotopic (exact) mass is 355 g/mol. The highest BCUT2D eigenvalue weighted by Crippen LogP contribution is 2.34. The lowest BCUT2D eigenvalue weighted by Crippen LogP contribution is -2.28. The predicted octanol–water partition coefficient (Wildman–Crippen LogP) is 3.94. The fraction of sp³-hybridized carbons (Fsp3) is 0.286. The van der Waals surface area contributed by atoms with E-state index in [0.717, 1.165) is 20.8 Å². The van der Waals surface area contributed by atoms with E-state index in [1.54, 1.807) is 26.3 Å². The zero-order valence-corrected chi connectivity index (χ0v) is 13.7. The topological polar surface area (TPSA) is 59.4 Å². The van der Waals surface area contributed by atoms with Crippen molar-refractivity contribution in [1.82, 2.24) is 4.98 Å². The van der Waals surface area contributed by atoms with Crippen molar-refractivity contribution in [3.8, 4) is 16.3 Å². The Morgan fingerprint density at radius 1 is 1.45 bits per heavy atom. The first kappa shape index (κ1) is 15.0. The third-order valence-corrected chi connectivity index (χ3v) is 4.59. The summed E-state index contributed by atoms with van der Waals surface area (Å²) in [4.78, 5) is 15.7. The van der Waals surface area contributed by atoms with E-state index in [1.807, 2.05) is 18.2 Å². The van der Waals surface area contributed by atoms with Gasteiger partial charge in [0.1, 0.15) is 16.2 Å². The molecule has 20 heavy (non-hydrogen) atoms. The molecule has 1 aromatic carbocycles. The molecule has 0 aliphatic rings. The number of rotatable bonds is 4. The number of thiazole rings is 1. The lowest BCUT2D eigenvalue weighted by atomic mass is 9.90. The first-order valence-electron chi connectivity index (χ1n) is 5.89. The van der Waals surface area contributed by atoms with Crippen LogP contribution in [-0.4, -0.2) is 23.2 Å². The maximum absolute atomic E-state index is 11.2. The van der Waals surface area contributed by atoms with Gasteiger partial charge in [-0.15, -0.1) is 11.3 Å². The third kappa shape index (κ3) is 2.71. The van der Waals surface area contributed by atoms with Crippen LogP contribution in [0.4, 0.5) is 0 Å². The largest absolute Gasteiger partial charge is 0.496 e. The molecular weight excluding hydrogens is 342 g/mol. The summed E-state index contributed by atoms with van der Waals surface area (Å²) in [6.45, 7) is 3.30. The molecule has 0 amide bonds. The van der Waals surface area contributed by atoms with Crippen LogP contribution in [0.15, 0.2) is 28.1 Å². The quantitative estimate of drug-likeness (QED) is 0.901. The number of hydrogen-bond donors (Lipinski definition) is 1. The van der Waals surface area contributed by atoms with Crippen LogP contribution in [0, 0.1) is 0 Å². The number of hydrogen-bond acceptors (Lipinski definition) is 4. The number of carbonyl (C=O) groups is 1. The average molecular weight is 356 g/mol. The van der Waals surface area contributed by atoms with Crippen molar-refractivity contribution in [3.63, 3.8) is 0 Å². The number of nitrogens with zero attached hydrogens (tertiary/aromatic N) is 1. The van der Waals surface area contributed by atoms with Gasteiger partial charge in [-0.05, 0) is 48.0 Å². The first-order valence-corrected chi connectivity index (χ1v) is 7.57. The minimum atomic E-state index is -0.988. The smallest absolute Gasteiger partial charge is 0.315 e. The van der Waals surface area contributed by atoms with E-state index in [4.69, 9.17) is 4.74 Å². The Morgan fingerprint density at radius 2 is 2.15 bits per heavy atom. The number of methoxy groups -OCH3 is 1. The van der Waals surface area contributed by atoms with Gasteiger partial charge in [0, 0.05) is 10.9 Å². The summed E-state index contributed by atoms with van der Waals surface area (Å²) in [5.41, 5.74) is 0.505. The molecule has 1 aromatic heterocycles. The first-order chi connectivity index (χ1) is 9.36. The number of benzene rings is 1. The molecular formula is C14H14BrNO3S. The van der Waals surface area contributed by atoms with Gasteiger partial charge in [0.2, 0.25) is 0 Å². The second kappa shape index (κ2) is 5.54. The van der Waals surface area contributed by atoms with Crippen molar-refractivity contribution in [3.05, 3.63) is 33.7 Å². The molecule has 2 rings (SSSR count). The number of ether oxygens (including phenoxy) is 1. The van der Waals surface area contributed by atoms with Crippen LogP contribution in [0.25, 0.3) is 10.6 Å². The SMILES string of the molecule is COc1ccc(-c2nc(C(C)(C)C(=O)O)cs2)cc1Br. The average Bonchev–Trinajstić information content (AvgIpc) is 2.88. The minimum absolute atomic E-state index is 0.567. The molecule has 106 valence electrons. The van der Waals surface area contributed by atoms with E-state index in [0.29, 0.717) is 5.69 Å². The van der Waals surface area contributed by atoms with Crippen LogP contribution in [0.1, 0.15) is 19.5 Å². The summed E-state index contributed by atoms with van der Waals surface area (Å²) in [5, 5.41) is 11.8. The molecule has 0 aliphatic heterocycles. The number of halogens is 1. The van der Waals surface area contributed by atoms with Crippen LogP contribution in [0.3, 0.4) is 0 Å². The Morgan fingerprint density at radius 3 is 2.70 bits per heavy atom. The zero-order valence-electron chi connectivity index (χ0n) is 11.3. The van der Waals surface area contributed by atoms with Gasteiger partial charge in [-0.3, -0.25) is 4.79 Å². The molecule has 4 nitrogen and oxygen atoms in total. The maximum atomic E-state index is 11.2. The fourth-order valence-corrected chi connectivity index (χ4v) is 3.13. The highest BCUT2D eigenvalue weighted by atomic mass is 79.9. The summed E-state index contributed by atoms with van der Waals surface area (Å²) in [6, 6.07) is 5.66. The molecule has 0 radical (unpaired) electrons. The summed E-state index contributed by atoms with van der Waals surface area (Å²) < 4.78 is 6.02. The lowest BCUT2D eigenvalue weighted by Gasteiger charge is -2.15. The molecule has 0 saturated carbocycles. The molecule has 0 spiro atoms. The molecule has 0 bridgehead atoms. The van der Waals surface area contributed by atoms with Crippen molar-refractivity contribution < 1.29 is 14.6 Å². The van der Waals surface area contributed by atoms with Crippen LogP contribution >= 0.6 is 27.3 Å². The molecule has 1 N–H and O–H groups in total. The predicted molar refractivity (Wildman–Crippen MR) is 82.5 cm³/mol.